The molecule has 3 heterocycles. The van der Waals surface area contributed by atoms with E-state index in [1.165, 1.54) is 5.69 Å². The van der Waals surface area contributed by atoms with E-state index in [2.05, 4.69) is 33.8 Å². The van der Waals surface area contributed by atoms with Gasteiger partial charge in [0, 0.05) is 55.4 Å². The fraction of sp³-hybridized carbons (Fsp3) is 0.500. The molecular formula is C20H25ClN4OS. The third-order valence-corrected chi connectivity index (χ3v) is 6.68. The Balaban J connectivity index is 1.35. The molecule has 144 valence electrons. The number of aromatic nitrogens is 1. The Labute approximate surface area is 169 Å². The van der Waals surface area contributed by atoms with E-state index in [4.69, 9.17) is 11.6 Å². The number of likely N-dealkylation sites (tertiary alicyclic amines) is 1. The van der Waals surface area contributed by atoms with E-state index in [1.807, 2.05) is 22.4 Å². The van der Waals surface area contributed by atoms with E-state index in [9.17, 15) is 4.79 Å². The predicted octanol–water partition coefficient (Wildman–Crippen LogP) is 4.00. The SMILES string of the molecule is CC1CCN(C(=O)c2csc(N3CCN(c4ccc(Cl)cc4)CC3)n2)CC1. The number of carbonyl (C=O) groups excluding carboxylic acids is 1. The number of nitrogens with zero attached hydrogens (tertiary/aromatic N) is 4. The number of piperidine rings is 1. The largest absolute Gasteiger partial charge is 0.368 e. The highest BCUT2D eigenvalue weighted by Crippen LogP contribution is 2.26. The normalized spacial score (nSPS) is 18.8. The molecule has 0 aliphatic carbocycles. The number of thiazole rings is 1. The lowest BCUT2D eigenvalue weighted by atomic mass is 9.99. The van der Waals surface area contributed by atoms with Crippen molar-refractivity contribution in [2.75, 3.05) is 49.1 Å². The first kappa shape index (κ1) is 18.6. The monoisotopic (exact) mass is 404 g/mol. The second-order valence-electron chi connectivity index (χ2n) is 7.44. The number of anilines is 2. The number of amides is 1. The van der Waals surface area contributed by atoms with Crippen LogP contribution in [-0.2, 0) is 0 Å². The van der Waals surface area contributed by atoms with Crippen molar-refractivity contribution in [1.82, 2.24) is 9.88 Å². The van der Waals surface area contributed by atoms with Gasteiger partial charge in [0.2, 0.25) is 0 Å². The van der Waals surface area contributed by atoms with Gasteiger partial charge in [-0.1, -0.05) is 18.5 Å². The van der Waals surface area contributed by atoms with E-state index in [0.717, 1.165) is 68.2 Å². The number of hydrogen-bond donors (Lipinski definition) is 0. The Morgan fingerprint density at radius 2 is 1.67 bits per heavy atom. The zero-order chi connectivity index (χ0) is 18.8. The molecule has 5 nitrogen and oxygen atoms in total. The van der Waals surface area contributed by atoms with Crippen LogP contribution >= 0.6 is 22.9 Å². The zero-order valence-electron chi connectivity index (χ0n) is 15.6. The van der Waals surface area contributed by atoms with E-state index >= 15 is 0 Å². The van der Waals surface area contributed by atoms with Gasteiger partial charge in [0.05, 0.1) is 0 Å². The highest BCUT2D eigenvalue weighted by Gasteiger charge is 2.25. The van der Waals surface area contributed by atoms with Gasteiger partial charge in [-0.05, 0) is 43.0 Å². The number of hydrogen-bond acceptors (Lipinski definition) is 5. The summed E-state index contributed by atoms with van der Waals surface area (Å²) in [6.07, 6.45) is 2.19. The molecule has 0 saturated carbocycles. The molecule has 0 N–H and O–H groups in total. The molecule has 1 amide bonds. The van der Waals surface area contributed by atoms with Crippen LogP contribution in [0.25, 0.3) is 0 Å². The fourth-order valence-corrected chi connectivity index (χ4v) is 4.67. The molecule has 0 bridgehead atoms. The summed E-state index contributed by atoms with van der Waals surface area (Å²) in [6.45, 7) is 7.66. The van der Waals surface area contributed by atoms with Crippen molar-refractivity contribution in [1.29, 1.82) is 0 Å². The number of rotatable bonds is 3. The Morgan fingerprint density at radius 1 is 1.04 bits per heavy atom. The van der Waals surface area contributed by atoms with Gasteiger partial charge < -0.3 is 14.7 Å². The average Bonchev–Trinajstić information content (AvgIpc) is 3.19. The maximum atomic E-state index is 12.7. The van der Waals surface area contributed by atoms with Crippen LogP contribution in [0, 0.1) is 5.92 Å². The molecule has 0 radical (unpaired) electrons. The molecule has 4 rings (SSSR count). The van der Waals surface area contributed by atoms with Crippen molar-refractivity contribution >= 4 is 39.7 Å². The Bertz CT molecular complexity index is 778. The molecule has 2 aliphatic rings. The van der Waals surface area contributed by atoms with Gasteiger partial charge in [-0.3, -0.25) is 4.79 Å². The van der Waals surface area contributed by atoms with Crippen LogP contribution in [0.15, 0.2) is 29.6 Å². The summed E-state index contributed by atoms with van der Waals surface area (Å²) in [5, 5.41) is 3.64. The van der Waals surface area contributed by atoms with Gasteiger partial charge in [-0.15, -0.1) is 11.3 Å². The van der Waals surface area contributed by atoms with Crippen molar-refractivity contribution in [2.24, 2.45) is 5.92 Å². The number of halogens is 1. The minimum atomic E-state index is 0.0872. The van der Waals surface area contributed by atoms with Crippen LogP contribution in [0.5, 0.6) is 0 Å². The fourth-order valence-electron chi connectivity index (χ4n) is 3.69. The maximum Gasteiger partial charge on any atom is 0.273 e. The lowest BCUT2D eigenvalue weighted by Gasteiger charge is -2.36. The Kier molecular flexibility index (Phi) is 5.55. The Morgan fingerprint density at radius 3 is 2.33 bits per heavy atom. The van der Waals surface area contributed by atoms with Gasteiger partial charge in [0.25, 0.3) is 5.91 Å². The molecule has 0 unspecified atom stereocenters. The first-order valence-electron chi connectivity index (χ1n) is 9.60. The molecule has 2 aromatic rings. The molecule has 27 heavy (non-hydrogen) atoms. The van der Waals surface area contributed by atoms with Crippen LogP contribution in [0.1, 0.15) is 30.3 Å². The minimum absolute atomic E-state index is 0.0872. The van der Waals surface area contributed by atoms with Crippen LogP contribution in [0.2, 0.25) is 5.02 Å². The number of piperazine rings is 1. The summed E-state index contributed by atoms with van der Waals surface area (Å²) < 4.78 is 0. The molecule has 2 saturated heterocycles. The van der Waals surface area contributed by atoms with Gasteiger partial charge in [0.15, 0.2) is 5.13 Å². The topological polar surface area (TPSA) is 39.7 Å². The molecule has 7 heteroatoms. The lowest BCUT2D eigenvalue weighted by molar-refractivity contribution is 0.0692. The average molecular weight is 405 g/mol. The van der Waals surface area contributed by atoms with E-state index in [1.54, 1.807) is 11.3 Å². The number of carbonyl (C=O) groups is 1. The second-order valence-corrected chi connectivity index (χ2v) is 8.71. The molecular weight excluding hydrogens is 380 g/mol. The Hall–Kier alpha value is -1.79. The first-order chi connectivity index (χ1) is 13.1. The quantitative estimate of drug-likeness (QED) is 0.775. The molecule has 1 aromatic heterocycles. The molecule has 0 atom stereocenters. The molecule has 0 spiro atoms. The van der Waals surface area contributed by atoms with Crippen LogP contribution < -0.4 is 9.80 Å². The van der Waals surface area contributed by atoms with Crippen molar-refractivity contribution in [2.45, 2.75) is 19.8 Å². The second kappa shape index (κ2) is 8.07. The first-order valence-corrected chi connectivity index (χ1v) is 10.9. The smallest absolute Gasteiger partial charge is 0.273 e. The van der Waals surface area contributed by atoms with Gasteiger partial charge in [-0.25, -0.2) is 4.98 Å². The summed E-state index contributed by atoms with van der Waals surface area (Å²) in [4.78, 5) is 24.0. The zero-order valence-corrected chi connectivity index (χ0v) is 17.2. The lowest BCUT2D eigenvalue weighted by Crippen LogP contribution is -2.46. The van der Waals surface area contributed by atoms with Crippen LogP contribution in [0.3, 0.4) is 0 Å². The highest BCUT2D eigenvalue weighted by molar-refractivity contribution is 7.13. The standard InChI is InChI=1S/C20H25ClN4OS/c1-15-6-8-24(9-7-15)19(26)18-14-27-20(22-18)25-12-10-23(11-13-25)17-4-2-16(21)3-5-17/h2-5,14-15H,6-13H2,1H3. The molecule has 2 fully saturated rings. The summed E-state index contributed by atoms with van der Waals surface area (Å²) in [7, 11) is 0. The summed E-state index contributed by atoms with van der Waals surface area (Å²) >= 11 is 7.56. The van der Waals surface area contributed by atoms with Crippen LogP contribution in [0.4, 0.5) is 10.8 Å². The number of benzene rings is 1. The van der Waals surface area contributed by atoms with Crippen molar-refractivity contribution in [3.8, 4) is 0 Å². The van der Waals surface area contributed by atoms with Gasteiger partial charge in [0.1, 0.15) is 5.69 Å². The molecule has 2 aliphatic heterocycles. The van der Waals surface area contributed by atoms with Crippen molar-refractivity contribution < 1.29 is 4.79 Å². The van der Waals surface area contributed by atoms with Crippen molar-refractivity contribution in [3.05, 3.63) is 40.4 Å². The van der Waals surface area contributed by atoms with E-state index in [-0.39, 0.29) is 5.91 Å². The van der Waals surface area contributed by atoms with E-state index < -0.39 is 0 Å². The van der Waals surface area contributed by atoms with Gasteiger partial charge >= 0.3 is 0 Å². The minimum Gasteiger partial charge on any atom is -0.368 e. The third-order valence-electron chi connectivity index (χ3n) is 5.52. The summed E-state index contributed by atoms with van der Waals surface area (Å²) in [6, 6.07) is 8.00. The summed E-state index contributed by atoms with van der Waals surface area (Å²) in [5.41, 5.74) is 1.80. The van der Waals surface area contributed by atoms with Gasteiger partial charge in [-0.2, -0.15) is 0 Å². The maximum absolute atomic E-state index is 12.7. The summed E-state index contributed by atoms with van der Waals surface area (Å²) in [5.74, 6) is 0.807. The predicted molar refractivity (Wildman–Crippen MR) is 112 cm³/mol. The third kappa shape index (κ3) is 4.22. The van der Waals surface area contributed by atoms with Crippen LogP contribution in [-0.4, -0.2) is 55.1 Å². The highest BCUT2D eigenvalue weighted by atomic mass is 35.5. The van der Waals surface area contributed by atoms with Crippen molar-refractivity contribution in [3.63, 3.8) is 0 Å². The molecule has 1 aromatic carbocycles. The van der Waals surface area contributed by atoms with E-state index in [0.29, 0.717) is 5.69 Å².